The average Bonchev–Trinajstić information content (AvgIpc) is 3.14. The van der Waals surface area contributed by atoms with Crippen LogP contribution in [0, 0.1) is 0 Å². The number of carbonyl (C=O) groups excluding carboxylic acids is 1. The first-order valence-corrected chi connectivity index (χ1v) is 11.3. The Morgan fingerprint density at radius 2 is 2.03 bits per heavy atom. The van der Waals surface area contributed by atoms with Crippen LogP contribution in [0.1, 0.15) is 54.5 Å². The lowest BCUT2D eigenvalue weighted by molar-refractivity contribution is -0.121. The first-order chi connectivity index (χ1) is 14.2. The molecule has 1 aromatic carbocycles. The number of carbonyl (C=O) groups is 1. The van der Waals surface area contributed by atoms with Crippen LogP contribution in [-0.4, -0.2) is 22.0 Å². The van der Waals surface area contributed by atoms with Crippen molar-refractivity contribution in [3.63, 3.8) is 0 Å². The number of fused-ring (bicyclic) bond motifs is 3. The highest BCUT2D eigenvalue weighted by Gasteiger charge is 2.20. The van der Waals surface area contributed by atoms with Gasteiger partial charge in [-0.15, -0.1) is 11.3 Å². The summed E-state index contributed by atoms with van der Waals surface area (Å²) in [6.07, 6.45) is 7.19. The van der Waals surface area contributed by atoms with Crippen LogP contribution in [0.4, 0.5) is 0 Å². The van der Waals surface area contributed by atoms with E-state index in [9.17, 15) is 9.59 Å². The van der Waals surface area contributed by atoms with E-state index in [0.717, 1.165) is 35.9 Å². The second kappa shape index (κ2) is 8.91. The first-order valence-electron chi connectivity index (χ1n) is 10.5. The standard InChI is InChI=1S/C23H27N3O2S/c1-2-16(17-8-4-3-5-9-17)14-24-20(27)12-13-26-15-25-22-21(23(26)28)18-10-6-7-11-19(18)29-22/h3-5,8-9,15-16H,2,6-7,10-14H2,1H3,(H,24,27). The highest BCUT2D eigenvalue weighted by Crippen LogP contribution is 2.33. The molecule has 1 aliphatic carbocycles. The molecular formula is C23H27N3O2S. The second-order valence-corrected chi connectivity index (χ2v) is 8.79. The smallest absolute Gasteiger partial charge is 0.262 e. The quantitative estimate of drug-likeness (QED) is 0.641. The topological polar surface area (TPSA) is 64.0 Å². The zero-order valence-corrected chi connectivity index (χ0v) is 17.6. The van der Waals surface area contributed by atoms with Crippen LogP contribution in [0.5, 0.6) is 0 Å². The molecule has 1 amide bonds. The van der Waals surface area contributed by atoms with Crippen molar-refractivity contribution in [3.8, 4) is 0 Å². The third kappa shape index (κ3) is 4.27. The minimum absolute atomic E-state index is 0.00193. The normalized spacial score (nSPS) is 14.5. The molecule has 2 aromatic heterocycles. The number of hydrogen-bond acceptors (Lipinski definition) is 4. The van der Waals surface area contributed by atoms with Crippen molar-refractivity contribution in [2.24, 2.45) is 0 Å². The average molecular weight is 410 g/mol. The summed E-state index contributed by atoms with van der Waals surface area (Å²) in [5.41, 5.74) is 2.43. The van der Waals surface area contributed by atoms with Crippen LogP contribution < -0.4 is 10.9 Å². The first kappa shape index (κ1) is 19.8. The summed E-state index contributed by atoms with van der Waals surface area (Å²) >= 11 is 1.65. The lowest BCUT2D eigenvalue weighted by Gasteiger charge is -2.16. The van der Waals surface area contributed by atoms with Crippen LogP contribution in [0.2, 0.25) is 0 Å². The third-order valence-corrected chi connectivity index (χ3v) is 7.03. The number of nitrogens with zero attached hydrogens (tertiary/aromatic N) is 2. The van der Waals surface area contributed by atoms with Crippen molar-refractivity contribution in [3.05, 3.63) is 63.0 Å². The van der Waals surface area contributed by atoms with Gasteiger partial charge in [0.15, 0.2) is 0 Å². The Bertz CT molecular complexity index is 1060. The molecule has 6 heteroatoms. The molecule has 0 radical (unpaired) electrons. The monoisotopic (exact) mass is 409 g/mol. The Balaban J connectivity index is 1.40. The SMILES string of the molecule is CCC(CNC(=O)CCn1cnc2sc3c(c2c1=O)CCCC3)c1ccccc1. The molecule has 1 unspecified atom stereocenters. The summed E-state index contributed by atoms with van der Waals surface area (Å²) in [6, 6.07) is 10.3. The van der Waals surface area contributed by atoms with Gasteiger partial charge in [-0.1, -0.05) is 37.3 Å². The maximum absolute atomic E-state index is 13.0. The van der Waals surface area contributed by atoms with Gasteiger partial charge < -0.3 is 5.32 Å². The molecule has 0 spiro atoms. The van der Waals surface area contributed by atoms with E-state index in [0.29, 0.717) is 19.0 Å². The van der Waals surface area contributed by atoms with Crippen molar-refractivity contribution >= 4 is 27.5 Å². The van der Waals surface area contributed by atoms with Crippen molar-refractivity contribution < 1.29 is 4.79 Å². The number of hydrogen-bond donors (Lipinski definition) is 1. The maximum atomic E-state index is 13.0. The van der Waals surface area contributed by atoms with Gasteiger partial charge in [0.05, 0.1) is 11.7 Å². The Labute approximate surface area is 174 Å². The molecule has 5 nitrogen and oxygen atoms in total. The molecule has 1 N–H and O–H groups in total. The zero-order valence-electron chi connectivity index (χ0n) is 16.8. The molecule has 0 aliphatic heterocycles. The van der Waals surface area contributed by atoms with Crippen LogP contribution in [0.15, 0.2) is 41.5 Å². The summed E-state index contributed by atoms with van der Waals surface area (Å²) in [5, 5.41) is 3.81. The fraction of sp³-hybridized carbons (Fsp3) is 0.435. The zero-order chi connectivity index (χ0) is 20.2. The fourth-order valence-corrected chi connectivity index (χ4v) is 5.33. The Kier molecular flexibility index (Phi) is 6.09. The largest absolute Gasteiger partial charge is 0.355 e. The molecule has 29 heavy (non-hydrogen) atoms. The molecule has 152 valence electrons. The number of thiophene rings is 1. The van der Waals surface area contributed by atoms with Gasteiger partial charge in [-0.05, 0) is 43.2 Å². The second-order valence-electron chi connectivity index (χ2n) is 7.70. The lowest BCUT2D eigenvalue weighted by Crippen LogP contribution is -2.30. The molecule has 0 bridgehead atoms. The molecular weight excluding hydrogens is 382 g/mol. The van der Waals surface area contributed by atoms with Crippen LogP contribution >= 0.6 is 11.3 Å². The minimum Gasteiger partial charge on any atom is -0.355 e. The minimum atomic E-state index is -0.0290. The van der Waals surface area contributed by atoms with E-state index >= 15 is 0 Å². The molecule has 4 rings (SSSR count). The third-order valence-electron chi connectivity index (χ3n) is 5.83. The molecule has 2 heterocycles. The van der Waals surface area contributed by atoms with Gasteiger partial charge >= 0.3 is 0 Å². The maximum Gasteiger partial charge on any atom is 0.262 e. The van der Waals surface area contributed by atoms with Crippen molar-refractivity contribution in [1.82, 2.24) is 14.9 Å². The molecule has 3 aromatic rings. The van der Waals surface area contributed by atoms with Gasteiger partial charge in [0.2, 0.25) is 5.91 Å². The summed E-state index contributed by atoms with van der Waals surface area (Å²) in [7, 11) is 0. The van der Waals surface area contributed by atoms with Crippen LogP contribution in [0.3, 0.4) is 0 Å². The summed E-state index contributed by atoms with van der Waals surface area (Å²) in [6.45, 7) is 3.11. The van der Waals surface area contributed by atoms with E-state index in [1.165, 1.54) is 22.4 Å². The van der Waals surface area contributed by atoms with Gasteiger partial charge in [0.1, 0.15) is 4.83 Å². The van der Waals surface area contributed by atoms with Gasteiger partial charge in [-0.3, -0.25) is 14.2 Å². The Morgan fingerprint density at radius 3 is 2.83 bits per heavy atom. The predicted molar refractivity (Wildman–Crippen MR) is 118 cm³/mol. The van der Waals surface area contributed by atoms with Gasteiger partial charge in [-0.25, -0.2) is 4.98 Å². The van der Waals surface area contributed by atoms with Gasteiger partial charge in [0, 0.05) is 30.3 Å². The number of rotatable bonds is 7. The molecule has 0 saturated carbocycles. The summed E-state index contributed by atoms with van der Waals surface area (Å²) in [5.74, 6) is 0.275. The van der Waals surface area contributed by atoms with E-state index < -0.39 is 0 Å². The van der Waals surface area contributed by atoms with E-state index in [1.54, 1.807) is 22.2 Å². The fourth-order valence-electron chi connectivity index (χ4n) is 4.11. The number of aryl methyl sites for hydroxylation is 3. The molecule has 0 fully saturated rings. The molecule has 1 aliphatic rings. The molecule has 1 atom stereocenters. The highest BCUT2D eigenvalue weighted by atomic mass is 32.1. The van der Waals surface area contributed by atoms with E-state index in [-0.39, 0.29) is 17.9 Å². The Morgan fingerprint density at radius 1 is 1.24 bits per heavy atom. The molecule has 0 saturated heterocycles. The van der Waals surface area contributed by atoms with E-state index in [1.807, 2.05) is 18.2 Å². The van der Waals surface area contributed by atoms with Crippen LogP contribution in [0.25, 0.3) is 10.2 Å². The summed E-state index contributed by atoms with van der Waals surface area (Å²) < 4.78 is 1.60. The van der Waals surface area contributed by atoms with E-state index in [2.05, 4.69) is 29.4 Å². The van der Waals surface area contributed by atoms with Crippen molar-refractivity contribution in [1.29, 1.82) is 0 Å². The van der Waals surface area contributed by atoms with Crippen molar-refractivity contribution in [2.45, 2.75) is 57.9 Å². The Hall–Kier alpha value is -2.47. The number of benzene rings is 1. The van der Waals surface area contributed by atoms with Crippen molar-refractivity contribution in [2.75, 3.05) is 6.54 Å². The summed E-state index contributed by atoms with van der Waals surface area (Å²) in [4.78, 5) is 32.0. The van der Waals surface area contributed by atoms with Crippen LogP contribution in [-0.2, 0) is 24.2 Å². The number of aromatic nitrogens is 2. The number of nitrogens with one attached hydrogen (secondary N) is 1. The lowest BCUT2D eigenvalue weighted by atomic mass is 9.96. The van der Waals surface area contributed by atoms with Gasteiger partial charge in [-0.2, -0.15) is 0 Å². The highest BCUT2D eigenvalue weighted by molar-refractivity contribution is 7.18. The predicted octanol–water partition coefficient (Wildman–Crippen LogP) is 4.04. The van der Waals surface area contributed by atoms with Gasteiger partial charge in [0.25, 0.3) is 5.56 Å². The van der Waals surface area contributed by atoms with E-state index in [4.69, 9.17) is 0 Å². The number of amides is 1.